The van der Waals surface area contributed by atoms with Crippen LogP contribution in [-0.4, -0.2) is 12.6 Å². The Bertz CT molecular complexity index is 689. The standard InChI is InChI=1S/C24H35NO2/c1-4-27-22(26)18(15-25)20-11-10-19-17-9-8-16-7-5-6-13-23(16,2)21(17)12-14-24(19,20)3/h16-17,19,21H,4-14H2,1-3H3/b20-18-/t16-,17+,19+,21+,23+,24+/m1/s1. The Balaban J connectivity index is 1.65. The maximum absolute atomic E-state index is 12.4. The molecular formula is C24H35NO2. The van der Waals surface area contributed by atoms with Gasteiger partial charge in [0.2, 0.25) is 0 Å². The van der Waals surface area contributed by atoms with Crippen LogP contribution in [0.25, 0.3) is 0 Å². The van der Waals surface area contributed by atoms with Crippen LogP contribution < -0.4 is 0 Å². The second-order valence-corrected chi connectivity index (χ2v) is 10.1. The number of hydrogen-bond acceptors (Lipinski definition) is 3. The quantitative estimate of drug-likeness (QED) is 0.351. The zero-order chi connectivity index (χ0) is 19.2. The zero-order valence-corrected chi connectivity index (χ0v) is 17.4. The first-order valence-electron chi connectivity index (χ1n) is 11.3. The summed E-state index contributed by atoms with van der Waals surface area (Å²) >= 11 is 0. The summed E-state index contributed by atoms with van der Waals surface area (Å²) in [5.74, 6) is 2.80. The van der Waals surface area contributed by atoms with Crippen LogP contribution in [0.4, 0.5) is 0 Å². The van der Waals surface area contributed by atoms with Gasteiger partial charge in [-0.05, 0) is 98.4 Å². The average Bonchev–Trinajstić information content (AvgIpc) is 2.99. The van der Waals surface area contributed by atoms with Crippen molar-refractivity contribution in [1.29, 1.82) is 5.26 Å². The fraction of sp³-hybridized carbons (Fsp3) is 0.833. The van der Waals surface area contributed by atoms with E-state index in [0.29, 0.717) is 23.5 Å². The number of nitriles is 1. The monoisotopic (exact) mass is 369 g/mol. The van der Waals surface area contributed by atoms with Gasteiger partial charge in [0, 0.05) is 0 Å². The van der Waals surface area contributed by atoms with Crippen molar-refractivity contribution in [2.75, 3.05) is 6.61 Å². The lowest BCUT2D eigenvalue weighted by molar-refractivity contribution is -0.138. The van der Waals surface area contributed by atoms with Crippen LogP contribution in [0.5, 0.6) is 0 Å². The van der Waals surface area contributed by atoms with Gasteiger partial charge in [-0.2, -0.15) is 5.26 Å². The summed E-state index contributed by atoms with van der Waals surface area (Å²) in [7, 11) is 0. The molecule has 4 fully saturated rings. The molecular weight excluding hydrogens is 334 g/mol. The number of carbonyl (C=O) groups is 1. The second kappa shape index (κ2) is 6.94. The summed E-state index contributed by atoms with van der Waals surface area (Å²) in [4.78, 5) is 12.4. The molecule has 0 radical (unpaired) electrons. The molecule has 0 N–H and O–H groups in total. The normalized spacial score (nSPS) is 45.1. The van der Waals surface area contributed by atoms with Crippen LogP contribution >= 0.6 is 0 Å². The van der Waals surface area contributed by atoms with Gasteiger partial charge >= 0.3 is 5.97 Å². The van der Waals surface area contributed by atoms with E-state index in [1.54, 1.807) is 0 Å². The fourth-order valence-corrected chi connectivity index (χ4v) is 7.96. The molecule has 3 nitrogen and oxygen atoms in total. The van der Waals surface area contributed by atoms with Crippen LogP contribution in [0, 0.1) is 45.8 Å². The molecule has 6 atom stereocenters. The predicted molar refractivity (Wildman–Crippen MR) is 106 cm³/mol. The number of esters is 1. The molecule has 0 bridgehead atoms. The van der Waals surface area contributed by atoms with E-state index in [1.807, 2.05) is 6.92 Å². The highest BCUT2D eigenvalue weighted by atomic mass is 16.5. The third kappa shape index (κ3) is 2.78. The molecule has 4 aliphatic rings. The Kier molecular flexibility index (Phi) is 4.90. The van der Waals surface area contributed by atoms with Crippen molar-refractivity contribution in [3.63, 3.8) is 0 Å². The highest BCUT2D eigenvalue weighted by molar-refractivity contribution is 5.94. The van der Waals surface area contributed by atoms with Crippen LogP contribution in [-0.2, 0) is 9.53 Å². The summed E-state index contributed by atoms with van der Waals surface area (Å²) in [6.07, 6.45) is 12.9. The number of rotatable bonds is 2. The van der Waals surface area contributed by atoms with Gasteiger partial charge in [-0.15, -0.1) is 0 Å². The lowest BCUT2D eigenvalue weighted by Gasteiger charge is -2.60. The van der Waals surface area contributed by atoms with E-state index in [0.717, 1.165) is 42.6 Å². The summed E-state index contributed by atoms with van der Waals surface area (Å²) < 4.78 is 5.21. The molecule has 0 aromatic carbocycles. The maximum Gasteiger partial charge on any atom is 0.348 e. The highest BCUT2D eigenvalue weighted by Crippen LogP contribution is 2.67. The van der Waals surface area contributed by atoms with Crippen molar-refractivity contribution in [3.05, 3.63) is 11.1 Å². The van der Waals surface area contributed by atoms with E-state index in [4.69, 9.17) is 4.74 Å². The fourth-order valence-electron chi connectivity index (χ4n) is 7.96. The third-order valence-corrected chi connectivity index (χ3v) is 9.26. The molecule has 4 aliphatic carbocycles. The van der Waals surface area contributed by atoms with Gasteiger partial charge < -0.3 is 4.74 Å². The second-order valence-electron chi connectivity index (χ2n) is 10.1. The van der Waals surface area contributed by atoms with E-state index in [1.165, 1.54) is 44.9 Å². The molecule has 0 amide bonds. The molecule has 4 rings (SSSR count). The molecule has 0 spiro atoms. The summed E-state index contributed by atoms with van der Waals surface area (Å²) in [5, 5.41) is 9.71. The Morgan fingerprint density at radius 2 is 1.93 bits per heavy atom. The number of carbonyl (C=O) groups excluding carboxylic acids is 1. The van der Waals surface area contributed by atoms with Crippen LogP contribution in [0.15, 0.2) is 11.1 Å². The molecule has 0 aliphatic heterocycles. The molecule has 4 saturated carbocycles. The van der Waals surface area contributed by atoms with Crippen molar-refractivity contribution < 1.29 is 9.53 Å². The first kappa shape index (κ1) is 19.0. The summed E-state index contributed by atoms with van der Waals surface area (Å²) in [6.45, 7) is 7.09. The molecule has 0 unspecified atom stereocenters. The third-order valence-electron chi connectivity index (χ3n) is 9.26. The number of hydrogen-bond donors (Lipinski definition) is 0. The number of nitrogens with zero attached hydrogens (tertiary/aromatic N) is 1. The first-order valence-corrected chi connectivity index (χ1v) is 11.3. The molecule has 3 heteroatoms. The SMILES string of the molecule is CCOC(=O)/C(C#N)=C1/CC[C@H]2[C@@H]3CC[C@H]4CCCC[C@]4(C)[C@H]3CC[C@]12C. The average molecular weight is 370 g/mol. The van der Waals surface area contributed by atoms with Gasteiger partial charge in [0.1, 0.15) is 11.6 Å². The van der Waals surface area contributed by atoms with E-state index >= 15 is 0 Å². The van der Waals surface area contributed by atoms with Crippen LogP contribution in [0.3, 0.4) is 0 Å². The molecule has 148 valence electrons. The Morgan fingerprint density at radius 1 is 1.11 bits per heavy atom. The largest absolute Gasteiger partial charge is 0.462 e. The topological polar surface area (TPSA) is 50.1 Å². The van der Waals surface area contributed by atoms with Crippen LogP contribution in [0.1, 0.15) is 85.0 Å². The van der Waals surface area contributed by atoms with E-state index in [-0.39, 0.29) is 5.41 Å². The van der Waals surface area contributed by atoms with Crippen molar-refractivity contribution >= 4 is 5.97 Å². The van der Waals surface area contributed by atoms with Gasteiger partial charge in [-0.1, -0.05) is 26.7 Å². The smallest absolute Gasteiger partial charge is 0.348 e. The van der Waals surface area contributed by atoms with Crippen molar-refractivity contribution in [3.8, 4) is 6.07 Å². The molecule has 27 heavy (non-hydrogen) atoms. The highest BCUT2D eigenvalue weighted by Gasteiger charge is 2.59. The molecule has 0 saturated heterocycles. The number of allylic oxidation sites excluding steroid dienone is 1. The van der Waals surface area contributed by atoms with Gasteiger partial charge in [0.15, 0.2) is 0 Å². The number of ether oxygens (including phenoxy) is 1. The summed E-state index contributed by atoms with van der Waals surface area (Å²) in [5.41, 5.74) is 1.99. The van der Waals surface area contributed by atoms with Gasteiger partial charge in [-0.3, -0.25) is 0 Å². The lowest BCUT2D eigenvalue weighted by atomic mass is 9.45. The van der Waals surface area contributed by atoms with Crippen molar-refractivity contribution in [2.24, 2.45) is 34.5 Å². The number of fused-ring (bicyclic) bond motifs is 5. The Hall–Kier alpha value is -1.30. The van der Waals surface area contributed by atoms with Gasteiger partial charge in [0.25, 0.3) is 0 Å². The Labute approximate surface area is 164 Å². The van der Waals surface area contributed by atoms with Crippen molar-refractivity contribution in [2.45, 2.75) is 85.0 Å². The summed E-state index contributed by atoms with van der Waals surface area (Å²) in [6, 6.07) is 2.22. The predicted octanol–water partition coefficient (Wildman–Crippen LogP) is 5.80. The molecule has 0 aromatic heterocycles. The minimum Gasteiger partial charge on any atom is -0.462 e. The minimum atomic E-state index is -0.401. The maximum atomic E-state index is 12.4. The first-order chi connectivity index (χ1) is 13.0. The van der Waals surface area contributed by atoms with E-state index in [2.05, 4.69) is 19.9 Å². The molecule has 0 heterocycles. The van der Waals surface area contributed by atoms with E-state index in [9.17, 15) is 10.1 Å². The molecule has 0 aromatic rings. The van der Waals surface area contributed by atoms with Crippen molar-refractivity contribution in [1.82, 2.24) is 0 Å². The Morgan fingerprint density at radius 3 is 2.67 bits per heavy atom. The van der Waals surface area contributed by atoms with Gasteiger partial charge in [0.05, 0.1) is 6.61 Å². The van der Waals surface area contributed by atoms with E-state index < -0.39 is 5.97 Å². The minimum absolute atomic E-state index is 0.0247. The zero-order valence-electron chi connectivity index (χ0n) is 17.4. The van der Waals surface area contributed by atoms with Crippen LogP contribution in [0.2, 0.25) is 0 Å². The lowest BCUT2D eigenvalue weighted by Crippen LogP contribution is -2.52. The van der Waals surface area contributed by atoms with Gasteiger partial charge in [-0.25, -0.2) is 4.79 Å².